The van der Waals surface area contributed by atoms with E-state index in [0.29, 0.717) is 34.1 Å². The maximum atomic E-state index is 11.6. The third-order valence-electron chi connectivity index (χ3n) is 7.72. The molecular weight excluding hydrogens is 773 g/mol. The van der Waals surface area contributed by atoms with Crippen LogP contribution in [0.15, 0.2) is 171 Å². The van der Waals surface area contributed by atoms with E-state index in [9.17, 15) is 38.9 Å². The quantitative estimate of drug-likeness (QED) is 0.134. The predicted octanol–water partition coefficient (Wildman–Crippen LogP) is 0.937. The minimum Gasteiger partial charge on any atom is -0.744 e. The summed E-state index contributed by atoms with van der Waals surface area (Å²) in [5.74, 6) is 0. The molecule has 17 heteroatoms. The number of aliphatic imine (C=N–C) groups is 1. The van der Waals surface area contributed by atoms with Gasteiger partial charge in [0.2, 0.25) is 0 Å². The van der Waals surface area contributed by atoms with Gasteiger partial charge in [-0.05, 0) is 119 Å². The van der Waals surface area contributed by atoms with E-state index >= 15 is 0 Å². The van der Waals surface area contributed by atoms with Crippen molar-refractivity contribution in [2.24, 2.45) is 4.99 Å². The molecule has 0 heterocycles. The molecule has 264 valence electrons. The Balaban J connectivity index is 0.00000325. The van der Waals surface area contributed by atoms with Crippen molar-refractivity contribution in [2.45, 2.75) is 14.7 Å². The first-order chi connectivity index (χ1) is 24.6. The molecule has 0 saturated carbocycles. The summed E-state index contributed by atoms with van der Waals surface area (Å²) < 4.78 is 101. The number of hydrogen-bond acceptors (Lipinski definition) is 11. The molecule has 54 heavy (non-hydrogen) atoms. The van der Waals surface area contributed by atoms with Crippen molar-refractivity contribution in [1.82, 2.24) is 0 Å². The summed E-state index contributed by atoms with van der Waals surface area (Å²) in [6, 6.07) is 31.4. The normalized spacial score (nSPS) is 12.6. The molecule has 12 nitrogen and oxygen atoms in total. The fourth-order valence-corrected chi connectivity index (χ4v) is 6.79. The summed E-state index contributed by atoms with van der Waals surface area (Å²) in [7, 11) is -13.6. The molecule has 5 aromatic carbocycles. The number of nitrogens with one attached hydrogen (secondary N) is 2. The summed E-state index contributed by atoms with van der Waals surface area (Å²) in [6.07, 6.45) is 7.33. The van der Waals surface area contributed by atoms with E-state index in [1.807, 2.05) is 48.6 Å². The monoisotopic (exact) mass is 799 g/mol. The van der Waals surface area contributed by atoms with Crippen molar-refractivity contribution in [3.8, 4) is 0 Å². The number of rotatable bonds is 10. The largest absolute Gasteiger partial charge is 1.00 e. The molecule has 0 atom stereocenters. The second-order valence-corrected chi connectivity index (χ2v) is 15.6. The van der Waals surface area contributed by atoms with E-state index in [-0.39, 0.29) is 73.8 Å². The summed E-state index contributed by atoms with van der Waals surface area (Å²) in [4.78, 5) is 3.58. The van der Waals surface area contributed by atoms with Crippen LogP contribution in [0.25, 0.3) is 5.57 Å². The first kappa shape index (κ1) is 43.1. The molecule has 0 fully saturated rings. The van der Waals surface area contributed by atoms with Gasteiger partial charge in [0.25, 0.3) is 10.1 Å². The maximum absolute atomic E-state index is 11.6. The zero-order valence-corrected chi connectivity index (χ0v) is 35.2. The molecule has 0 aliphatic heterocycles. The third-order valence-corrected chi connectivity index (χ3v) is 10.2. The van der Waals surface area contributed by atoms with Crippen LogP contribution in [0.5, 0.6) is 0 Å². The van der Waals surface area contributed by atoms with Crippen molar-refractivity contribution in [3.05, 3.63) is 162 Å². The van der Waals surface area contributed by atoms with Crippen molar-refractivity contribution in [2.75, 3.05) is 10.6 Å². The van der Waals surface area contributed by atoms with E-state index in [1.54, 1.807) is 36.4 Å². The Morgan fingerprint density at radius 2 is 0.963 bits per heavy atom. The fourth-order valence-electron chi connectivity index (χ4n) is 5.28. The SMILES string of the molecule is O=S(=O)([O-])c1ccc(N=C2C=CC(=C(c3ccc(Nc4cccc(S(=O)(=O)[O-])c4)cc3)c3ccc(Nc4cccc(S(=O)(=O)O)c4)cc3)C=C2)cc1.[Na+].[Na+]. The molecule has 1 aliphatic rings. The number of allylic oxidation sites excluding steroid dienone is 5. The van der Waals surface area contributed by atoms with Gasteiger partial charge in [-0.25, -0.2) is 21.8 Å². The summed E-state index contributed by atoms with van der Waals surface area (Å²) in [5, 5.41) is 6.25. The van der Waals surface area contributed by atoms with Gasteiger partial charge in [0, 0.05) is 22.7 Å². The minimum absolute atomic E-state index is 0. The molecule has 0 amide bonds. The number of anilines is 4. The fraction of sp³-hybridized carbons (Fsp3) is 0. The van der Waals surface area contributed by atoms with Crippen LogP contribution in [-0.2, 0) is 30.4 Å². The predicted molar refractivity (Wildman–Crippen MR) is 196 cm³/mol. The molecule has 6 rings (SSSR count). The van der Waals surface area contributed by atoms with Gasteiger partial charge >= 0.3 is 59.1 Å². The minimum atomic E-state index is -4.63. The van der Waals surface area contributed by atoms with Crippen molar-refractivity contribution in [1.29, 1.82) is 0 Å². The molecule has 0 saturated heterocycles. The Bertz CT molecular complexity index is 2490. The number of nitrogens with zero attached hydrogens (tertiary/aromatic N) is 1. The van der Waals surface area contributed by atoms with Gasteiger partial charge in [-0.15, -0.1) is 0 Å². The molecule has 0 radical (unpaired) electrons. The van der Waals surface area contributed by atoms with Crippen LogP contribution in [0.1, 0.15) is 11.1 Å². The Morgan fingerprint density at radius 1 is 0.519 bits per heavy atom. The van der Waals surface area contributed by atoms with Gasteiger partial charge in [-0.3, -0.25) is 4.55 Å². The van der Waals surface area contributed by atoms with Crippen LogP contribution in [0, 0.1) is 0 Å². The molecule has 0 aromatic heterocycles. The van der Waals surface area contributed by atoms with Crippen LogP contribution < -0.4 is 69.7 Å². The van der Waals surface area contributed by atoms with E-state index in [4.69, 9.17) is 0 Å². The maximum Gasteiger partial charge on any atom is 1.00 e. The molecule has 3 N–H and O–H groups in total. The Morgan fingerprint density at radius 3 is 1.41 bits per heavy atom. The Kier molecular flexibility index (Phi) is 14.2. The van der Waals surface area contributed by atoms with Crippen molar-refractivity contribution >= 4 is 70.1 Å². The average molecular weight is 800 g/mol. The Labute approximate surface area is 357 Å². The first-order valence-corrected chi connectivity index (χ1v) is 19.5. The van der Waals surface area contributed by atoms with Crippen molar-refractivity contribution < 1.29 is 98.0 Å². The number of benzene rings is 5. The summed E-state index contributed by atoms with van der Waals surface area (Å²) in [6.45, 7) is 0. The van der Waals surface area contributed by atoms with Gasteiger partial charge in [0.05, 0.1) is 26.1 Å². The zero-order valence-electron chi connectivity index (χ0n) is 28.7. The van der Waals surface area contributed by atoms with E-state index < -0.39 is 30.4 Å². The molecular formula is C37H27N3Na2O9S3. The topological polar surface area (TPSA) is 205 Å². The van der Waals surface area contributed by atoms with Crippen LogP contribution >= 0.6 is 0 Å². The van der Waals surface area contributed by atoms with E-state index in [2.05, 4.69) is 15.6 Å². The van der Waals surface area contributed by atoms with Gasteiger partial charge in [0.15, 0.2) is 0 Å². The average Bonchev–Trinajstić information content (AvgIpc) is 3.10. The smallest absolute Gasteiger partial charge is 0.744 e. The Hall–Kier alpha value is -3.68. The van der Waals surface area contributed by atoms with Crippen LogP contribution in [0.2, 0.25) is 0 Å². The van der Waals surface area contributed by atoms with Crippen LogP contribution in [0.4, 0.5) is 28.4 Å². The summed E-state index contributed by atoms with van der Waals surface area (Å²) in [5.41, 5.74) is 6.50. The van der Waals surface area contributed by atoms with Gasteiger partial charge in [-0.1, -0.05) is 48.6 Å². The standard InChI is InChI=1S/C37H29N3O9S3.2Na/c41-50(42,43)34-21-19-31(20-22-34)38-28-13-7-25(8-14-28)37(26-9-15-29(16-10-26)39-32-3-1-5-35(23-32)51(44,45)46)27-11-17-30(18-12-27)40-33-4-2-6-36(24-33)52(47,48)49;;/h1-24,39-40H,(H,41,42,43)(H,44,45,46)(H,47,48,49);;/q;2*+1/p-2. The zero-order chi connectivity index (χ0) is 37.1. The second-order valence-electron chi connectivity index (χ2n) is 11.4. The first-order valence-electron chi connectivity index (χ1n) is 15.3. The third kappa shape index (κ3) is 11.2. The van der Waals surface area contributed by atoms with Gasteiger partial charge in [0.1, 0.15) is 20.2 Å². The van der Waals surface area contributed by atoms with Crippen LogP contribution in [0.3, 0.4) is 0 Å². The van der Waals surface area contributed by atoms with Crippen molar-refractivity contribution in [3.63, 3.8) is 0 Å². The van der Waals surface area contributed by atoms with Gasteiger partial charge < -0.3 is 19.7 Å². The molecule has 0 bridgehead atoms. The summed E-state index contributed by atoms with van der Waals surface area (Å²) >= 11 is 0. The molecule has 1 aliphatic carbocycles. The molecule has 5 aromatic rings. The molecule has 0 unspecified atom stereocenters. The van der Waals surface area contributed by atoms with Crippen LogP contribution in [-0.4, -0.2) is 44.6 Å². The second kappa shape index (κ2) is 17.8. The molecule has 0 spiro atoms. The van der Waals surface area contributed by atoms with Gasteiger partial charge in [-0.2, -0.15) is 8.42 Å². The van der Waals surface area contributed by atoms with E-state index in [0.717, 1.165) is 22.3 Å². The van der Waals surface area contributed by atoms with E-state index in [1.165, 1.54) is 60.7 Å². The number of hydrogen-bond donors (Lipinski definition) is 3.